The Morgan fingerprint density at radius 3 is 2.75 bits per heavy atom. The second-order valence-electron chi connectivity index (χ2n) is 7.45. The largest absolute Gasteiger partial charge is 0.305 e. The normalized spacial score (nSPS) is 11.4. The molecule has 0 saturated heterocycles. The maximum absolute atomic E-state index is 4.62. The van der Waals surface area contributed by atoms with Gasteiger partial charge in [0.1, 0.15) is 17.2 Å². The first kappa shape index (κ1) is 20.8. The monoisotopic (exact) mass is 461 g/mol. The lowest BCUT2D eigenvalue weighted by atomic mass is 10.1. The summed E-state index contributed by atoms with van der Waals surface area (Å²) in [6.07, 6.45) is 5.17. The van der Waals surface area contributed by atoms with Crippen molar-refractivity contribution in [1.29, 1.82) is 0 Å². The average Bonchev–Trinajstić information content (AvgIpc) is 3.56. The van der Waals surface area contributed by atoms with Crippen molar-refractivity contribution in [3.05, 3.63) is 82.2 Å². The molecule has 7 nitrogen and oxygen atoms in total. The van der Waals surface area contributed by atoms with E-state index in [1.54, 1.807) is 33.9 Å². The third-order valence-electron chi connectivity index (χ3n) is 5.15. The first-order valence-electron chi connectivity index (χ1n) is 10.7. The van der Waals surface area contributed by atoms with Gasteiger partial charge in [-0.05, 0) is 47.7 Å². The summed E-state index contributed by atoms with van der Waals surface area (Å²) in [5.41, 5.74) is 2.32. The molecule has 0 radical (unpaired) electrons. The van der Waals surface area contributed by atoms with Crippen molar-refractivity contribution in [3.63, 3.8) is 0 Å². The van der Waals surface area contributed by atoms with E-state index in [2.05, 4.69) is 84.6 Å². The van der Waals surface area contributed by atoms with E-state index in [4.69, 9.17) is 0 Å². The molecular formula is C23H23N7S2. The van der Waals surface area contributed by atoms with Crippen molar-refractivity contribution in [2.24, 2.45) is 0 Å². The Kier molecular flexibility index (Phi) is 6.27. The minimum atomic E-state index is 0.618. The molecule has 0 aliphatic heterocycles. The van der Waals surface area contributed by atoms with Crippen LogP contribution in [0.5, 0.6) is 0 Å². The lowest BCUT2D eigenvalue weighted by Crippen LogP contribution is -2.08. The fourth-order valence-electron chi connectivity index (χ4n) is 3.59. The number of hydrogen-bond acceptors (Lipinski definition) is 7. The van der Waals surface area contributed by atoms with Crippen LogP contribution in [0.2, 0.25) is 0 Å². The van der Waals surface area contributed by atoms with Crippen LogP contribution in [0.4, 0.5) is 0 Å². The number of aryl methyl sites for hydroxylation is 2. The highest BCUT2D eigenvalue weighted by molar-refractivity contribution is 7.99. The van der Waals surface area contributed by atoms with Crippen molar-refractivity contribution < 1.29 is 0 Å². The van der Waals surface area contributed by atoms with Crippen LogP contribution in [0.15, 0.2) is 70.4 Å². The van der Waals surface area contributed by atoms with Gasteiger partial charge in [-0.25, -0.2) is 4.98 Å². The molecule has 0 unspecified atom stereocenters. The molecule has 4 heterocycles. The summed E-state index contributed by atoms with van der Waals surface area (Å²) in [4.78, 5) is 10.2. The van der Waals surface area contributed by atoms with Crippen LogP contribution >= 0.6 is 23.1 Å². The minimum absolute atomic E-state index is 0.618. The zero-order valence-corrected chi connectivity index (χ0v) is 19.4. The molecule has 5 aromatic rings. The molecule has 0 N–H and O–H groups in total. The fourth-order valence-corrected chi connectivity index (χ4v) is 5.27. The van der Waals surface area contributed by atoms with Gasteiger partial charge in [-0.2, -0.15) is 14.6 Å². The summed E-state index contributed by atoms with van der Waals surface area (Å²) in [7, 11) is 0. The first-order chi connectivity index (χ1) is 15.8. The Morgan fingerprint density at radius 2 is 1.94 bits per heavy atom. The standard InChI is InChI=1S/C23H23N7S2/c1-2-7-18-14-21(30-22(26-18)24-16-25-30)32-23-28-27-20(15-19-10-6-13-31-19)29(23)12-11-17-8-4-3-5-9-17/h3-6,8-10,13-14,16H,2,7,11-12,15H2,1H3. The number of benzene rings is 1. The van der Waals surface area contributed by atoms with Crippen molar-refractivity contribution in [2.45, 2.75) is 49.3 Å². The Bertz CT molecular complexity index is 1290. The summed E-state index contributed by atoms with van der Waals surface area (Å²) in [6, 6.07) is 16.8. The number of hydrogen-bond donors (Lipinski definition) is 0. The van der Waals surface area contributed by atoms with Crippen molar-refractivity contribution in [2.75, 3.05) is 0 Å². The van der Waals surface area contributed by atoms with E-state index < -0.39 is 0 Å². The lowest BCUT2D eigenvalue weighted by molar-refractivity contribution is 0.609. The molecule has 0 amide bonds. The highest BCUT2D eigenvalue weighted by atomic mass is 32.2. The number of fused-ring (bicyclic) bond motifs is 1. The lowest BCUT2D eigenvalue weighted by Gasteiger charge is -2.11. The summed E-state index contributed by atoms with van der Waals surface area (Å²) >= 11 is 3.32. The Balaban J connectivity index is 1.48. The van der Waals surface area contributed by atoms with Crippen LogP contribution in [-0.4, -0.2) is 34.3 Å². The van der Waals surface area contributed by atoms with E-state index in [0.717, 1.165) is 53.9 Å². The third-order valence-corrected chi connectivity index (χ3v) is 7.01. The van der Waals surface area contributed by atoms with Gasteiger partial charge in [-0.3, -0.25) is 0 Å². The van der Waals surface area contributed by atoms with Crippen molar-refractivity contribution in [3.8, 4) is 0 Å². The molecule has 4 aromatic heterocycles. The highest BCUT2D eigenvalue weighted by Crippen LogP contribution is 2.28. The van der Waals surface area contributed by atoms with Gasteiger partial charge in [-0.1, -0.05) is 49.7 Å². The Hall–Kier alpha value is -3.04. The molecular weight excluding hydrogens is 438 g/mol. The molecule has 5 rings (SSSR count). The number of nitrogens with zero attached hydrogens (tertiary/aromatic N) is 7. The molecule has 0 fully saturated rings. The summed E-state index contributed by atoms with van der Waals surface area (Å²) in [6.45, 7) is 2.97. The van der Waals surface area contributed by atoms with E-state index in [1.807, 2.05) is 6.07 Å². The number of rotatable bonds is 9. The molecule has 32 heavy (non-hydrogen) atoms. The first-order valence-corrected chi connectivity index (χ1v) is 12.4. The summed E-state index contributed by atoms with van der Waals surface area (Å²) in [5.74, 6) is 1.59. The van der Waals surface area contributed by atoms with Gasteiger partial charge in [0, 0.05) is 23.5 Å². The average molecular weight is 462 g/mol. The van der Waals surface area contributed by atoms with Crippen LogP contribution in [0.1, 0.15) is 35.3 Å². The molecule has 162 valence electrons. The SMILES string of the molecule is CCCc1cc(Sc2nnc(Cc3cccs3)n2CCc2ccccc2)n2ncnc2n1. The molecule has 0 aliphatic carbocycles. The third kappa shape index (κ3) is 4.58. The highest BCUT2D eigenvalue weighted by Gasteiger charge is 2.17. The zero-order chi connectivity index (χ0) is 21.8. The van der Waals surface area contributed by atoms with E-state index in [1.165, 1.54) is 10.4 Å². The maximum Gasteiger partial charge on any atom is 0.253 e. The number of thiophene rings is 1. The van der Waals surface area contributed by atoms with Gasteiger partial charge in [0.05, 0.1) is 0 Å². The predicted octanol–water partition coefficient (Wildman–Crippen LogP) is 4.71. The van der Waals surface area contributed by atoms with Crippen molar-refractivity contribution >= 4 is 28.9 Å². The van der Waals surface area contributed by atoms with Gasteiger partial charge in [-0.15, -0.1) is 21.5 Å². The predicted molar refractivity (Wildman–Crippen MR) is 126 cm³/mol. The van der Waals surface area contributed by atoms with Gasteiger partial charge in [0.25, 0.3) is 5.78 Å². The molecule has 0 aliphatic rings. The van der Waals surface area contributed by atoms with Crippen molar-refractivity contribution in [1.82, 2.24) is 34.3 Å². The second-order valence-corrected chi connectivity index (χ2v) is 9.47. The molecule has 0 saturated carbocycles. The molecule has 9 heteroatoms. The van der Waals surface area contributed by atoms with E-state index >= 15 is 0 Å². The van der Waals surface area contributed by atoms with Gasteiger partial charge in [0.2, 0.25) is 0 Å². The van der Waals surface area contributed by atoms with E-state index in [0.29, 0.717) is 5.78 Å². The topological polar surface area (TPSA) is 73.8 Å². The molecule has 1 aromatic carbocycles. The Morgan fingerprint density at radius 1 is 1.03 bits per heavy atom. The zero-order valence-electron chi connectivity index (χ0n) is 17.8. The van der Waals surface area contributed by atoms with Crippen LogP contribution in [0.25, 0.3) is 5.78 Å². The summed E-state index contributed by atoms with van der Waals surface area (Å²) in [5, 5.41) is 17.4. The molecule has 0 spiro atoms. The smallest absolute Gasteiger partial charge is 0.253 e. The van der Waals surface area contributed by atoms with Crippen LogP contribution < -0.4 is 0 Å². The van der Waals surface area contributed by atoms with E-state index in [9.17, 15) is 0 Å². The second kappa shape index (κ2) is 9.62. The van der Waals surface area contributed by atoms with Crippen LogP contribution in [0.3, 0.4) is 0 Å². The van der Waals surface area contributed by atoms with Gasteiger partial charge >= 0.3 is 0 Å². The molecule has 0 atom stereocenters. The van der Waals surface area contributed by atoms with Gasteiger partial charge in [0.15, 0.2) is 5.16 Å². The summed E-state index contributed by atoms with van der Waals surface area (Å²) < 4.78 is 4.01. The minimum Gasteiger partial charge on any atom is -0.305 e. The molecule has 0 bridgehead atoms. The maximum atomic E-state index is 4.62. The van der Waals surface area contributed by atoms with Crippen LogP contribution in [0, 0.1) is 0 Å². The van der Waals surface area contributed by atoms with Crippen LogP contribution in [-0.2, 0) is 25.8 Å². The van der Waals surface area contributed by atoms with E-state index in [-0.39, 0.29) is 0 Å². The number of aromatic nitrogens is 7. The Labute approximate surface area is 194 Å². The quantitative estimate of drug-likeness (QED) is 0.296. The van der Waals surface area contributed by atoms with Gasteiger partial charge < -0.3 is 4.57 Å². The fraction of sp³-hybridized carbons (Fsp3) is 0.261.